The van der Waals surface area contributed by atoms with Crippen LogP contribution in [0.3, 0.4) is 0 Å². The van der Waals surface area contributed by atoms with E-state index in [0.29, 0.717) is 13.2 Å². The Morgan fingerprint density at radius 2 is 0.931 bits per heavy atom. The molecule has 0 bridgehead atoms. The minimum absolute atomic E-state index is 0.664. The molecule has 1 aliphatic rings. The van der Waals surface area contributed by atoms with E-state index in [1.165, 1.54) is 44.5 Å². The molecule has 1 nitrogen and oxygen atoms in total. The van der Waals surface area contributed by atoms with Gasteiger partial charge in [0.2, 0.25) is 0 Å². The van der Waals surface area contributed by atoms with Gasteiger partial charge in [0, 0.05) is 0 Å². The number of rotatable bonds is 4. The number of fused-ring (bicyclic) bond motifs is 3. The second-order valence-corrected chi connectivity index (χ2v) is 7.72. The molecule has 4 aromatic carbocycles. The SMILES string of the molecule is c1ccc(Cc2cccc3c2-c2c(cccc2Cc2ccccc2)COC3)cc1. The van der Waals surface area contributed by atoms with Crippen molar-refractivity contribution in [2.45, 2.75) is 26.1 Å². The largest absolute Gasteiger partial charge is 0.372 e. The summed E-state index contributed by atoms with van der Waals surface area (Å²) in [4.78, 5) is 0. The summed E-state index contributed by atoms with van der Waals surface area (Å²) in [6, 6.07) is 34.8. The Bertz CT molecular complexity index is 1020. The van der Waals surface area contributed by atoms with E-state index in [1.54, 1.807) is 0 Å². The van der Waals surface area contributed by atoms with Gasteiger partial charge in [-0.2, -0.15) is 0 Å². The van der Waals surface area contributed by atoms with Gasteiger partial charge in [0.1, 0.15) is 0 Å². The summed E-state index contributed by atoms with van der Waals surface area (Å²) in [6.45, 7) is 1.33. The summed E-state index contributed by atoms with van der Waals surface area (Å²) in [5.41, 5.74) is 10.8. The third-order valence-corrected chi connectivity index (χ3v) is 5.71. The Morgan fingerprint density at radius 3 is 1.38 bits per heavy atom. The molecule has 0 fully saturated rings. The van der Waals surface area contributed by atoms with Crippen molar-refractivity contribution in [2.24, 2.45) is 0 Å². The van der Waals surface area contributed by atoms with Crippen LogP contribution in [0.5, 0.6) is 0 Å². The van der Waals surface area contributed by atoms with Crippen molar-refractivity contribution in [3.05, 3.63) is 130 Å². The van der Waals surface area contributed by atoms with Gasteiger partial charge in [0.25, 0.3) is 0 Å². The maximum atomic E-state index is 6.06. The van der Waals surface area contributed by atoms with Crippen LogP contribution in [0, 0.1) is 0 Å². The first-order chi connectivity index (χ1) is 14.4. The highest BCUT2D eigenvalue weighted by molar-refractivity contribution is 5.78. The summed E-state index contributed by atoms with van der Waals surface area (Å²) in [6.07, 6.45) is 1.87. The molecule has 1 heteroatoms. The van der Waals surface area contributed by atoms with Crippen molar-refractivity contribution in [3.8, 4) is 11.1 Å². The van der Waals surface area contributed by atoms with Crippen LogP contribution in [-0.2, 0) is 30.8 Å². The predicted molar refractivity (Wildman–Crippen MR) is 119 cm³/mol. The van der Waals surface area contributed by atoms with Crippen LogP contribution in [-0.4, -0.2) is 0 Å². The van der Waals surface area contributed by atoms with Crippen LogP contribution in [0.25, 0.3) is 11.1 Å². The van der Waals surface area contributed by atoms with Gasteiger partial charge in [-0.1, -0.05) is 97.1 Å². The first-order valence-electron chi connectivity index (χ1n) is 10.3. The van der Waals surface area contributed by atoms with Gasteiger partial charge >= 0.3 is 0 Å². The summed E-state index contributed by atoms with van der Waals surface area (Å²) in [7, 11) is 0. The molecule has 29 heavy (non-hydrogen) atoms. The van der Waals surface area contributed by atoms with Crippen LogP contribution in [0.1, 0.15) is 33.4 Å². The molecule has 0 saturated heterocycles. The lowest BCUT2D eigenvalue weighted by Gasteiger charge is -2.18. The van der Waals surface area contributed by atoms with E-state index in [2.05, 4.69) is 97.1 Å². The highest BCUT2D eigenvalue weighted by Gasteiger charge is 2.21. The fourth-order valence-corrected chi connectivity index (χ4v) is 4.39. The number of hydrogen-bond donors (Lipinski definition) is 0. The lowest BCUT2D eigenvalue weighted by Crippen LogP contribution is -2.01. The molecule has 1 aliphatic heterocycles. The first-order valence-corrected chi connectivity index (χ1v) is 10.3. The van der Waals surface area contributed by atoms with E-state index in [-0.39, 0.29) is 0 Å². The number of ether oxygens (including phenoxy) is 1. The summed E-state index contributed by atoms with van der Waals surface area (Å²) in [5.74, 6) is 0. The molecule has 142 valence electrons. The monoisotopic (exact) mass is 376 g/mol. The molecule has 0 radical (unpaired) electrons. The zero-order valence-corrected chi connectivity index (χ0v) is 16.5. The van der Waals surface area contributed by atoms with Gasteiger partial charge in [0.05, 0.1) is 13.2 Å². The van der Waals surface area contributed by atoms with Gasteiger partial charge in [-0.3, -0.25) is 0 Å². The quantitative estimate of drug-likeness (QED) is 0.392. The Labute approximate surface area is 172 Å². The summed E-state index contributed by atoms with van der Waals surface area (Å²) < 4.78 is 6.06. The van der Waals surface area contributed by atoms with Gasteiger partial charge in [0.15, 0.2) is 0 Å². The molecule has 0 atom stereocenters. The first kappa shape index (κ1) is 17.9. The van der Waals surface area contributed by atoms with E-state index in [1.807, 2.05) is 0 Å². The lowest BCUT2D eigenvalue weighted by atomic mass is 9.85. The van der Waals surface area contributed by atoms with Crippen molar-refractivity contribution < 1.29 is 4.74 Å². The van der Waals surface area contributed by atoms with Crippen molar-refractivity contribution in [1.29, 1.82) is 0 Å². The van der Waals surface area contributed by atoms with Crippen LogP contribution in [0.15, 0.2) is 97.1 Å². The average molecular weight is 376 g/mol. The molecule has 0 spiro atoms. The summed E-state index contributed by atoms with van der Waals surface area (Å²) >= 11 is 0. The van der Waals surface area contributed by atoms with E-state index >= 15 is 0 Å². The molecule has 0 aliphatic carbocycles. The van der Waals surface area contributed by atoms with Crippen molar-refractivity contribution in [2.75, 3.05) is 0 Å². The van der Waals surface area contributed by atoms with E-state index < -0.39 is 0 Å². The molecule has 0 aromatic heterocycles. The molecule has 4 aromatic rings. The number of benzene rings is 4. The van der Waals surface area contributed by atoms with Gasteiger partial charge in [-0.05, 0) is 57.3 Å². The van der Waals surface area contributed by atoms with Gasteiger partial charge in [-0.25, -0.2) is 0 Å². The van der Waals surface area contributed by atoms with Crippen LogP contribution < -0.4 is 0 Å². The Hall–Kier alpha value is -3.16. The minimum atomic E-state index is 0.664. The Kier molecular flexibility index (Phi) is 4.98. The van der Waals surface area contributed by atoms with Gasteiger partial charge in [-0.15, -0.1) is 0 Å². The highest BCUT2D eigenvalue weighted by Crippen LogP contribution is 2.38. The normalized spacial score (nSPS) is 12.7. The predicted octanol–water partition coefficient (Wildman–Crippen LogP) is 6.57. The zero-order chi connectivity index (χ0) is 19.5. The third kappa shape index (κ3) is 3.74. The Morgan fingerprint density at radius 1 is 0.483 bits per heavy atom. The molecule has 0 saturated carbocycles. The summed E-state index contributed by atoms with van der Waals surface area (Å²) in [5, 5.41) is 0. The maximum Gasteiger partial charge on any atom is 0.0727 e. The van der Waals surface area contributed by atoms with Gasteiger partial charge < -0.3 is 4.74 Å². The maximum absolute atomic E-state index is 6.06. The molecular weight excluding hydrogens is 352 g/mol. The lowest BCUT2D eigenvalue weighted by molar-refractivity contribution is 0.110. The molecular formula is C28H24O. The van der Waals surface area contributed by atoms with Crippen molar-refractivity contribution >= 4 is 0 Å². The van der Waals surface area contributed by atoms with E-state index in [9.17, 15) is 0 Å². The zero-order valence-electron chi connectivity index (χ0n) is 16.5. The molecule has 1 heterocycles. The minimum Gasteiger partial charge on any atom is -0.372 e. The standard InChI is InChI=1S/C28H24O/c1-3-9-21(10-4-1)17-23-13-7-15-25-19-29-20-26-16-8-14-24(28(26)27(23)25)18-22-11-5-2-6-12-22/h1-16H,17-20H2. The average Bonchev–Trinajstić information content (AvgIpc) is 2.96. The van der Waals surface area contributed by atoms with Crippen LogP contribution >= 0.6 is 0 Å². The molecule has 0 N–H and O–H groups in total. The smallest absolute Gasteiger partial charge is 0.0727 e. The molecule has 0 unspecified atom stereocenters. The molecule has 0 amide bonds. The number of hydrogen-bond acceptors (Lipinski definition) is 1. The second kappa shape index (κ2) is 8.06. The third-order valence-electron chi connectivity index (χ3n) is 5.71. The molecule has 5 rings (SSSR count). The van der Waals surface area contributed by atoms with E-state index in [0.717, 1.165) is 12.8 Å². The van der Waals surface area contributed by atoms with Crippen LogP contribution in [0.4, 0.5) is 0 Å². The van der Waals surface area contributed by atoms with Crippen LogP contribution in [0.2, 0.25) is 0 Å². The topological polar surface area (TPSA) is 9.23 Å². The fourth-order valence-electron chi connectivity index (χ4n) is 4.39. The second-order valence-electron chi connectivity index (χ2n) is 7.72. The van der Waals surface area contributed by atoms with Crippen molar-refractivity contribution in [3.63, 3.8) is 0 Å². The van der Waals surface area contributed by atoms with E-state index in [4.69, 9.17) is 4.74 Å². The van der Waals surface area contributed by atoms with Crippen molar-refractivity contribution in [1.82, 2.24) is 0 Å². The highest BCUT2D eigenvalue weighted by atomic mass is 16.5. The Balaban J connectivity index is 1.66. The fraction of sp³-hybridized carbons (Fsp3) is 0.143.